The summed E-state index contributed by atoms with van der Waals surface area (Å²) in [6.07, 6.45) is 6.40. The molecule has 7 nitrogen and oxygen atoms in total. The van der Waals surface area contributed by atoms with Crippen LogP contribution in [0.15, 0.2) is 67.3 Å². The normalized spacial score (nSPS) is 11.1. The molecule has 3 aromatic rings. The third kappa shape index (κ3) is 4.93. The van der Waals surface area contributed by atoms with Crippen LogP contribution in [0, 0.1) is 0 Å². The van der Waals surface area contributed by atoms with Gasteiger partial charge in [0.05, 0.1) is 18.3 Å². The van der Waals surface area contributed by atoms with Crippen molar-refractivity contribution in [3.63, 3.8) is 0 Å². The van der Waals surface area contributed by atoms with Gasteiger partial charge < -0.3 is 9.88 Å². The van der Waals surface area contributed by atoms with Gasteiger partial charge in [0.1, 0.15) is 0 Å². The number of nitrogens with one attached hydrogen (secondary N) is 2. The van der Waals surface area contributed by atoms with Gasteiger partial charge in [0, 0.05) is 30.2 Å². The minimum atomic E-state index is -3.37. The standard InChI is InChI=1S/C18H18N4O3S/c1-26(24,25)21-17-4-2-3-16(11-17)20-18(23)15-7-5-14(6-8-15)12-22-10-9-19-13-22/h2-11,13,21H,12H2,1H3,(H,20,23). The Morgan fingerprint density at radius 2 is 1.85 bits per heavy atom. The molecule has 26 heavy (non-hydrogen) atoms. The first-order valence-corrected chi connectivity index (χ1v) is 9.72. The second-order valence-corrected chi connectivity index (χ2v) is 7.59. The predicted octanol–water partition coefficient (Wildman–Crippen LogP) is 2.56. The van der Waals surface area contributed by atoms with E-state index in [0.717, 1.165) is 11.8 Å². The molecular weight excluding hydrogens is 352 g/mol. The van der Waals surface area contributed by atoms with E-state index >= 15 is 0 Å². The Bertz CT molecular complexity index is 997. The maximum atomic E-state index is 12.4. The third-order valence-corrected chi connectivity index (χ3v) is 4.17. The van der Waals surface area contributed by atoms with Crippen LogP contribution in [0.3, 0.4) is 0 Å². The maximum Gasteiger partial charge on any atom is 0.255 e. The lowest BCUT2D eigenvalue weighted by Gasteiger charge is -2.09. The molecule has 0 spiro atoms. The van der Waals surface area contributed by atoms with E-state index in [1.165, 1.54) is 0 Å². The highest BCUT2D eigenvalue weighted by molar-refractivity contribution is 7.92. The molecule has 3 rings (SSSR count). The summed E-state index contributed by atoms with van der Waals surface area (Å²) in [5.41, 5.74) is 2.46. The molecule has 1 amide bonds. The summed E-state index contributed by atoms with van der Waals surface area (Å²) in [6.45, 7) is 0.682. The van der Waals surface area contributed by atoms with Crippen molar-refractivity contribution in [2.45, 2.75) is 6.54 Å². The summed E-state index contributed by atoms with van der Waals surface area (Å²) in [5, 5.41) is 2.76. The lowest BCUT2D eigenvalue weighted by Crippen LogP contribution is -2.13. The van der Waals surface area contributed by atoms with Crippen LogP contribution in [0.1, 0.15) is 15.9 Å². The molecule has 0 atom stereocenters. The number of carbonyl (C=O) groups excluding carboxylic acids is 1. The highest BCUT2D eigenvalue weighted by Crippen LogP contribution is 2.17. The molecule has 0 bridgehead atoms. The zero-order valence-electron chi connectivity index (χ0n) is 14.1. The molecule has 2 aromatic carbocycles. The number of aromatic nitrogens is 2. The average Bonchev–Trinajstić information content (AvgIpc) is 3.07. The summed E-state index contributed by atoms with van der Waals surface area (Å²) < 4.78 is 26.9. The van der Waals surface area contributed by atoms with Gasteiger partial charge in [-0.15, -0.1) is 0 Å². The van der Waals surface area contributed by atoms with Crippen molar-refractivity contribution >= 4 is 27.3 Å². The molecule has 0 unspecified atom stereocenters. The third-order valence-electron chi connectivity index (χ3n) is 3.56. The van der Waals surface area contributed by atoms with Crippen molar-refractivity contribution < 1.29 is 13.2 Å². The Hall–Kier alpha value is -3.13. The number of nitrogens with zero attached hydrogens (tertiary/aromatic N) is 2. The van der Waals surface area contributed by atoms with E-state index in [9.17, 15) is 13.2 Å². The minimum Gasteiger partial charge on any atom is -0.333 e. The van der Waals surface area contributed by atoms with E-state index in [-0.39, 0.29) is 5.91 Å². The molecule has 1 heterocycles. The number of sulfonamides is 1. The molecule has 0 fully saturated rings. The largest absolute Gasteiger partial charge is 0.333 e. The molecule has 2 N–H and O–H groups in total. The van der Waals surface area contributed by atoms with E-state index in [2.05, 4.69) is 15.0 Å². The van der Waals surface area contributed by atoms with Gasteiger partial charge in [-0.1, -0.05) is 18.2 Å². The van der Waals surface area contributed by atoms with Gasteiger partial charge in [-0.05, 0) is 35.9 Å². The first kappa shape index (κ1) is 17.7. The van der Waals surface area contributed by atoms with Crippen molar-refractivity contribution in [1.82, 2.24) is 9.55 Å². The smallest absolute Gasteiger partial charge is 0.255 e. The van der Waals surface area contributed by atoms with E-state index in [0.29, 0.717) is 23.5 Å². The van der Waals surface area contributed by atoms with Crippen LogP contribution < -0.4 is 10.0 Å². The van der Waals surface area contributed by atoms with Crippen molar-refractivity contribution in [1.29, 1.82) is 0 Å². The van der Waals surface area contributed by atoms with Gasteiger partial charge in [0.25, 0.3) is 5.91 Å². The molecule has 0 saturated heterocycles. The topological polar surface area (TPSA) is 93.1 Å². The molecule has 0 aliphatic carbocycles. The fourth-order valence-electron chi connectivity index (χ4n) is 2.43. The van der Waals surface area contributed by atoms with Gasteiger partial charge in [-0.3, -0.25) is 9.52 Å². The molecule has 1 aromatic heterocycles. The van der Waals surface area contributed by atoms with Crippen molar-refractivity contribution in [3.05, 3.63) is 78.4 Å². The molecule has 8 heteroatoms. The van der Waals surface area contributed by atoms with E-state index in [4.69, 9.17) is 0 Å². The Morgan fingerprint density at radius 3 is 2.50 bits per heavy atom. The van der Waals surface area contributed by atoms with Gasteiger partial charge in [0.2, 0.25) is 10.0 Å². The molecule has 0 aliphatic rings. The number of anilines is 2. The summed E-state index contributed by atoms with van der Waals surface area (Å²) in [4.78, 5) is 16.4. The first-order valence-electron chi connectivity index (χ1n) is 7.83. The van der Waals surface area contributed by atoms with E-state index in [1.807, 2.05) is 22.9 Å². The second kappa shape index (κ2) is 7.40. The Kier molecular flexibility index (Phi) is 5.04. The lowest BCUT2D eigenvalue weighted by atomic mass is 10.1. The molecule has 0 aliphatic heterocycles. The maximum absolute atomic E-state index is 12.4. The average molecular weight is 370 g/mol. The highest BCUT2D eigenvalue weighted by Gasteiger charge is 2.08. The van der Waals surface area contributed by atoms with Gasteiger partial charge in [0.15, 0.2) is 0 Å². The predicted molar refractivity (Wildman–Crippen MR) is 101 cm³/mol. The zero-order chi connectivity index (χ0) is 18.6. The van der Waals surface area contributed by atoms with Gasteiger partial charge in [-0.2, -0.15) is 0 Å². The fourth-order valence-corrected chi connectivity index (χ4v) is 2.99. The van der Waals surface area contributed by atoms with Crippen LogP contribution in [0.4, 0.5) is 11.4 Å². The van der Waals surface area contributed by atoms with Crippen LogP contribution in [-0.4, -0.2) is 30.1 Å². The SMILES string of the molecule is CS(=O)(=O)Nc1cccc(NC(=O)c2ccc(Cn3ccnc3)cc2)c1. The van der Waals surface area contributed by atoms with Crippen molar-refractivity contribution in [3.8, 4) is 0 Å². The molecule has 0 saturated carbocycles. The second-order valence-electron chi connectivity index (χ2n) is 5.84. The van der Waals surface area contributed by atoms with E-state index in [1.54, 1.807) is 48.9 Å². The van der Waals surface area contributed by atoms with Crippen LogP contribution >= 0.6 is 0 Å². The Balaban J connectivity index is 1.67. The van der Waals surface area contributed by atoms with Gasteiger partial charge in [-0.25, -0.2) is 13.4 Å². The summed E-state index contributed by atoms with van der Waals surface area (Å²) in [6, 6.07) is 13.8. The van der Waals surface area contributed by atoms with Crippen LogP contribution in [0.2, 0.25) is 0 Å². The molecule has 134 valence electrons. The fraction of sp³-hybridized carbons (Fsp3) is 0.111. The quantitative estimate of drug-likeness (QED) is 0.697. The number of amides is 1. The number of hydrogen-bond donors (Lipinski definition) is 2. The van der Waals surface area contributed by atoms with Crippen LogP contribution in [0.5, 0.6) is 0 Å². The molecule has 0 radical (unpaired) electrons. The number of imidazole rings is 1. The molecular formula is C18H18N4O3S. The summed E-state index contributed by atoms with van der Waals surface area (Å²) in [7, 11) is -3.37. The Labute approximate surface area is 151 Å². The Morgan fingerprint density at radius 1 is 1.12 bits per heavy atom. The van der Waals surface area contributed by atoms with E-state index < -0.39 is 10.0 Å². The monoisotopic (exact) mass is 370 g/mol. The van der Waals surface area contributed by atoms with Crippen molar-refractivity contribution in [2.75, 3.05) is 16.3 Å². The number of benzene rings is 2. The van der Waals surface area contributed by atoms with Crippen LogP contribution in [0.25, 0.3) is 0 Å². The van der Waals surface area contributed by atoms with Crippen molar-refractivity contribution in [2.24, 2.45) is 0 Å². The summed E-state index contributed by atoms with van der Waals surface area (Å²) >= 11 is 0. The first-order chi connectivity index (χ1) is 12.4. The number of carbonyl (C=O) groups is 1. The minimum absolute atomic E-state index is 0.268. The number of hydrogen-bond acceptors (Lipinski definition) is 4. The van der Waals surface area contributed by atoms with Gasteiger partial charge >= 0.3 is 0 Å². The zero-order valence-corrected chi connectivity index (χ0v) is 14.9. The van der Waals surface area contributed by atoms with Crippen LogP contribution in [-0.2, 0) is 16.6 Å². The summed E-state index contributed by atoms with van der Waals surface area (Å²) in [5.74, 6) is -0.268. The number of rotatable bonds is 6. The highest BCUT2D eigenvalue weighted by atomic mass is 32.2. The lowest BCUT2D eigenvalue weighted by molar-refractivity contribution is 0.102.